The topological polar surface area (TPSA) is 21.3 Å². The van der Waals surface area contributed by atoms with Gasteiger partial charge in [0.15, 0.2) is 0 Å². The number of thiophene rings is 1. The summed E-state index contributed by atoms with van der Waals surface area (Å²) >= 11 is 1.78. The normalized spacial score (nSPS) is 12.3. The van der Waals surface area contributed by atoms with Gasteiger partial charge >= 0.3 is 0 Å². The molecular weight excluding hydrogens is 266 g/mol. The molecule has 1 unspecified atom stereocenters. The molecule has 0 aliphatic carbocycles. The molecule has 1 aromatic carbocycles. The lowest BCUT2D eigenvalue weighted by Gasteiger charge is -2.19. The van der Waals surface area contributed by atoms with Gasteiger partial charge in [0.05, 0.1) is 7.11 Å². The van der Waals surface area contributed by atoms with E-state index in [4.69, 9.17) is 4.74 Å². The Hall–Kier alpha value is -1.32. The minimum Gasteiger partial charge on any atom is -0.497 e. The fourth-order valence-corrected chi connectivity index (χ4v) is 3.24. The van der Waals surface area contributed by atoms with Crippen molar-refractivity contribution < 1.29 is 4.74 Å². The number of nitrogens with one attached hydrogen (secondary N) is 1. The summed E-state index contributed by atoms with van der Waals surface area (Å²) in [6, 6.07) is 8.77. The minimum absolute atomic E-state index is 0.398. The first-order valence-corrected chi connectivity index (χ1v) is 8.08. The molecule has 0 radical (unpaired) electrons. The fraction of sp³-hybridized carbons (Fsp3) is 0.412. The van der Waals surface area contributed by atoms with Crippen LogP contribution in [0.5, 0.6) is 5.75 Å². The summed E-state index contributed by atoms with van der Waals surface area (Å²) in [4.78, 5) is 0. The van der Waals surface area contributed by atoms with Gasteiger partial charge in [-0.1, -0.05) is 19.1 Å². The van der Waals surface area contributed by atoms with Crippen molar-refractivity contribution in [3.05, 3.63) is 51.7 Å². The molecular formula is C17H23NOS. The smallest absolute Gasteiger partial charge is 0.118 e. The van der Waals surface area contributed by atoms with E-state index in [9.17, 15) is 0 Å². The zero-order valence-electron chi connectivity index (χ0n) is 12.5. The van der Waals surface area contributed by atoms with Crippen LogP contribution in [0.25, 0.3) is 0 Å². The Morgan fingerprint density at radius 2 is 1.95 bits per heavy atom. The van der Waals surface area contributed by atoms with Gasteiger partial charge in [0.25, 0.3) is 0 Å². The predicted octanol–water partition coefficient (Wildman–Crippen LogP) is 4.35. The average Bonchev–Trinajstić information content (AvgIpc) is 2.90. The first kappa shape index (κ1) is 15.1. The summed E-state index contributed by atoms with van der Waals surface area (Å²) in [5.41, 5.74) is 4.15. The van der Waals surface area contributed by atoms with Crippen molar-refractivity contribution in [3.63, 3.8) is 0 Å². The maximum Gasteiger partial charge on any atom is 0.118 e. The molecule has 2 rings (SSSR count). The van der Waals surface area contributed by atoms with Crippen LogP contribution in [0.3, 0.4) is 0 Å². The van der Waals surface area contributed by atoms with Gasteiger partial charge in [-0.25, -0.2) is 0 Å². The highest BCUT2D eigenvalue weighted by Crippen LogP contribution is 2.25. The molecule has 0 fully saturated rings. The van der Waals surface area contributed by atoms with Crippen LogP contribution in [0, 0.1) is 6.92 Å². The van der Waals surface area contributed by atoms with Gasteiger partial charge in [-0.05, 0) is 65.9 Å². The number of ether oxygens (including phenoxy) is 1. The lowest BCUT2D eigenvalue weighted by Crippen LogP contribution is -2.24. The van der Waals surface area contributed by atoms with Gasteiger partial charge in [-0.2, -0.15) is 11.3 Å². The zero-order valence-corrected chi connectivity index (χ0v) is 13.3. The van der Waals surface area contributed by atoms with Gasteiger partial charge in [-0.3, -0.25) is 0 Å². The quantitative estimate of drug-likeness (QED) is 0.818. The summed E-state index contributed by atoms with van der Waals surface area (Å²) < 4.78 is 5.22. The first-order valence-electron chi connectivity index (χ1n) is 7.13. The summed E-state index contributed by atoms with van der Waals surface area (Å²) in [6.45, 7) is 5.45. The molecule has 3 heteroatoms. The molecule has 1 N–H and O–H groups in total. The van der Waals surface area contributed by atoms with Crippen LogP contribution in [0.2, 0.25) is 0 Å². The SMILES string of the molecule is CCCNC(Cc1ccc(OC)cc1)c1cscc1C. The Kier molecular flexibility index (Phi) is 5.62. The van der Waals surface area contributed by atoms with E-state index >= 15 is 0 Å². The average molecular weight is 289 g/mol. The van der Waals surface area contributed by atoms with Crippen molar-refractivity contribution in [3.8, 4) is 5.75 Å². The molecule has 2 nitrogen and oxygen atoms in total. The molecule has 0 bridgehead atoms. The number of hydrogen-bond donors (Lipinski definition) is 1. The summed E-state index contributed by atoms with van der Waals surface area (Å²) in [5.74, 6) is 0.915. The Bertz CT molecular complexity index is 518. The Labute approximate surface area is 125 Å². The minimum atomic E-state index is 0.398. The van der Waals surface area contributed by atoms with E-state index in [1.807, 2.05) is 12.1 Å². The molecule has 0 aliphatic rings. The monoisotopic (exact) mass is 289 g/mol. The van der Waals surface area contributed by atoms with E-state index in [1.54, 1.807) is 18.4 Å². The van der Waals surface area contributed by atoms with Gasteiger partial charge in [0.1, 0.15) is 5.75 Å². The van der Waals surface area contributed by atoms with E-state index < -0.39 is 0 Å². The van der Waals surface area contributed by atoms with Crippen molar-refractivity contribution in [2.24, 2.45) is 0 Å². The molecule has 0 spiro atoms. The third-order valence-corrected chi connectivity index (χ3v) is 4.39. The Morgan fingerprint density at radius 3 is 2.50 bits per heavy atom. The standard InChI is InChI=1S/C17H23NOS/c1-4-9-18-17(16-12-20-11-13(16)2)10-14-5-7-15(19-3)8-6-14/h5-8,11-12,17-18H,4,9-10H2,1-3H3. The Morgan fingerprint density at radius 1 is 1.20 bits per heavy atom. The van der Waals surface area contributed by atoms with Crippen LogP contribution in [0.1, 0.15) is 36.1 Å². The molecule has 2 aromatic rings. The van der Waals surface area contributed by atoms with Crippen LogP contribution in [0.15, 0.2) is 35.0 Å². The predicted molar refractivity (Wildman–Crippen MR) is 86.8 cm³/mol. The third kappa shape index (κ3) is 3.84. The maximum atomic E-state index is 5.22. The summed E-state index contributed by atoms with van der Waals surface area (Å²) in [6.07, 6.45) is 2.17. The number of benzene rings is 1. The van der Waals surface area contributed by atoms with Crippen molar-refractivity contribution in [1.29, 1.82) is 0 Å². The molecule has 0 saturated heterocycles. The lowest BCUT2D eigenvalue weighted by molar-refractivity contribution is 0.414. The van der Waals surface area contributed by atoms with Crippen molar-refractivity contribution in [2.75, 3.05) is 13.7 Å². The van der Waals surface area contributed by atoms with Gasteiger partial charge in [-0.15, -0.1) is 0 Å². The van der Waals surface area contributed by atoms with Gasteiger partial charge in [0, 0.05) is 6.04 Å². The third-order valence-electron chi connectivity index (χ3n) is 3.51. The van der Waals surface area contributed by atoms with Crippen molar-refractivity contribution >= 4 is 11.3 Å². The molecule has 1 atom stereocenters. The summed E-state index contributed by atoms with van der Waals surface area (Å²) in [7, 11) is 1.70. The number of aryl methyl sites for hydroxylation is 1. The van der Waals surface area contributed by atoms with Gasteiger partial charge in [0.2, 0.25) is 0 Å². The second kappa shape index (κ2) is 7.46. The molecule has 1 aromatic heterocycles. The molecule has 108 valence electrons. The molecule has 0 aliphatic heterocycles. The van der Waals surface area contributed by atoms with Crippen LogP contribution in [-0.4, -0.2) is 13.7 Å². The van der Waals surface area contributed by atoms with Crippen molar-refractivity contribution in [2.45, 2.75) is 32.7 Å². The molecule has 1 heterocycles. The van der Waals surface area contributed by atoms with Crippen LogP contribution >= 0.6 is 11.3 Å². The van der Waals surface area contributed by atoms with E-state index in [2.05, 4.69) is 42.1 Å². The van der Waals surface area contributed by atoms with Crippen molar-refractivity contribution in [1.82, 2.24) is 5.32 Å². The molecule has 20 heavy (non-hydrogen) atoms. The number of rotatable bonds is 7. The fourth-order valence-electron chi connectivity index (χ4n) is 2.34. The molecule has 0 saturated carbocycles. The van der Waals surface area contributed by atoms with Gasteiger partial charge < -0.3 is 10.1 Å². The van der Waals surface area contributed by atoms with Crippen LogP contribution < -0.4 is 10.1 Å². The van der Waals surface area contributed by atoms with E-state index in [0.717, 1.165) is 25.1 Å². The first-order chi connectivity index (χ1) is 9.74. The maximum absolute atomic E-state index is 5.22. The van der Waals surface area contributed by atoms with Crippen LogP contribution in [-0.2, 0) is 6.42 Å². The molecule has 0 amide bonds. The lowest BCUT2D eigenvalue weighted by atomic mass is 9.98. The number of hydrogen-bond acceptors (Lipinski definition) is 3. The van der Waals surface area contributed by atoms with E-state index in [1.165, 1.54) is 16.7 Å². The number of methoxy groups -OCH3 is 1. The second-order valence-corrected chi connectivity index (χ2v) is 5.81. The summed E-state index contributed by atoms with van der Waals surface area (Å²) in [5, 5.41) is 8.16. The highest BCUT2D eigenvalue weighted by atomic mass is 32.1. The van der Waals surface area contributed by atoms with E-state index in [0.29, 0.717) is 6.04 Å². The largest absolute Gasteiger partial charge is 0.497 e. The van der Waals surface area contributed by atoms with Crippen LogP contribution in [0.4, 0.5) is 0 Å². The Balaban J connectivity index is 2.12. The zero-order chi connectivity index (χ0) is 14.4. The highest BCUT2D eigenvalue weighted by Gasteiger charge is 2.14. The second-order valence-electron chi connectivity index (χ2n) is 5.07. The van der Waals surface area contributed by atoms with E-state index in [-0.39, 0.29) is 0 Å². The highest BCUT2D eigenvalue weighted by molar-refractivity contribution is 7.08.